The molecule has 1 aliphatic carbocycles. The van der Waals surface area contributed by atoms with Gasteiger partial charge in [0.15, 0.2) is 5.16 Å². The molecule has 1 N–H and O–H groups in total. The van der Waals surface area contributed by atoms with Crippen LogP contribution in [0.5, 0.6) is 5.75 Å². The van der Waals surface area contributed by atoms with E-state index in [1.165, 1.54) is 31.1 Å². The van der Waals surface area contributed by atoms with Crippen molar-refractivity contribution < 1.29 is 18.3 Å². The number of ether oxygens (including phenoxy) is 1. The monoisotopic (exact) mass is 436 g/mol. The molecule has 1 aromatic carbocycles. The van der Waals surface area contributed by atoms with Crippen LogP contribution < -0.4 is 10.1 Å². The summed E-state index contributed by atoms with van der Waals surface area (Å²) in [5.74, 6) is 0.713. The first-order valence-corrected chi connectivity index (χ1v) is 11.3. The second-order valence-electron chi connectivity index (χ2n) is 7.06. The van der Waals surface area contributed by atoms with Crippen LogP contribution in [-0.2, 0) is 11.2 Å². The minimum absolute atomic E-state index is 0.0346. The first-order chi connectivity index (χ1) is 14.6. The highest BCUT2D eigenvalue weighted by atomic mass is 32.2. The number of hydrogen-bond donors (Lipinski definition) is 1. The minimum Gasteiger partial charge on any atom is -0.434 e. The molecule has 162 valence electrons. The van der Waals surface area contributed by atoms with Gasteiger partial charge in [0.25, 0.3) is 0 Å². The summed E-state index contributed by atoms with van der Waals surface area (Å²) in [7, 11) is 0. The number of benzene rings is 1. The maximum atomic E-state index is 12.5. The normalized spacial score (nSPS) is 14.7. The van der Waals surface area contributed by atoms with Crippen LogP contribution in [0, 0.1) is 0 Å². The Morgan fingerprint density at radius 3 is 2.83 bits per heavy atom. The van der Waals surface area contributed by atoms with Gasteiger partial charge in [-0.3, -0.25) is 4.79 Å². The number of aryl methyl sites for hydroxylation is 1. The van der Waals surface area contributed by atoms with E-state index in [2.05, 4.69) is 24.8 Å². The molecule has 0 radical (unpaired) electrons. The van der Waals surface area contributed by atoms with Crippen molar-refractivity contribution in [1.82, 2.24) is 20.1 Å². The van der Waals surface area contributed by atoms with Crippen molar-refractivity contribution in [2.45, 2.75) is 56.3 Å². The Morgan fingerprint density at radius 2 is 2.10 bits per heavy atom. The second kappa shape index (κ2) is 11.1. The molecule has 3 rings (SSSR count). The van der Waals surface area contributed by atoms with Gasteiger partial charge in [-0.1, -0.05) is 42.8 Å². The average Bonchev–Trinajstić information content (AvgIpc) is 3.39. The van der Waals surface area contributed by atoms with Gasteiger partial charge >= 0.3 is 6.61 Å². The van der Waals surface area contributed by atoms with Crippen LogP contribution >= 0.6 is 11.8 Å². The maximum Gasteiger partial charge on any atom is 0.387 e. The van der Waals surface area contributed by atoms with Crippen LogP contribution in [0.25, 0.3) is 6.08 Å². The fourth-order valence-electron chi connectivity index (χ4n) is 3.65. The molecule has 1 amide bonds. The molecule has 0 atom stereocenters. The maximum absolute atomic E-state index is 12.5. The SMILES string of the molecule is CSc1nnc(CCCNC(=O)/C=C/c2ccccc2OC(F)F)n1C1CCCC1. The van der Waals surface area contributed by atoms with Gasteiger partial charge in [-0.2, -0.15) is 8.78 Å². The van der Waals surface area contributed by atoms with Crippen LogP contribution in [-0.4, -0.2) is 40.1 Å². The first-order valence-electron chi connectivity index (χ1n) is 10.1. The summed E-state index contributed by atoms with van der Waals surface area (Å²) in [6.07, 6.45) is 11.1. The van der Waals surface area contributed by atoms with Gasteiger partial charge in [0, 0.05) is 30.6 Å². The molecule has 1 aromatic heterocycles. The van der Waals surface area contributed by atoms with Crippen molar-refractivity contribution >= 4 is 23.7 Å². The lowest BCUT2D eigenvalue weighted by atomic mass is 10.2. The number of carbonyl (C=O) groups is 1. The molecule has 2 aromatic rings. The minimum atomic E-state index is -2.91. The molecule has 0 saturated heterocycles. The lowest BCUT2D eigenvalue weighted by molar-refractivity contribution is -0.116. The molecule has 1 heterocycles. The van der Waals surface area contributed by atoms with Crippen molar-refractivity contribution in [3.63, 3.8) is 0 Å². The zero-order chi connectivity index (χ0) is 21.3. The van der Waals surface area contributed by atoms with Gasteiger partial charge in [-0.05, 0) is 37.7 Å². The van der Waals surface area contributed by atoms with E-state index in [0.717, 1.165) is 36.7 Å². The summed E-state index contributed by atoms with van der Waals surface area (Å²) >= 11 is 1.61. The molecule has 30 heavy (non-hydrogen) atoms. The topological polar surface area (TPSA) is 69.0 Å². The lowest BCUT2D eigenvalue weighted by Gasteiger charge is -2.16. The Labute approximate surface area is 179 Å². The summed E-state index contributed by atoms with van der Waals surface area (Å²) in [6, 6.07) is 6.82. The fourth-order valence-corrected chi connectivity index (χ4v) is 4.22. The molecule has 9 heteroatoms. The number of para-hydroxylation sites is 1. The third-order valence-electron chi connectivity index (χ3n) is 5.03. The third kappa shape index (κ3) is 6.04. The van der Waals surface area contributed by atoms with Crippen LogP contribution in [0.3, 0.4) is 0 Å². The predicted octanol–water partition coefficient (Wildman–Crippen LogP) is 4.48. The Kier molecular flexibility index (Phi) is 8.24. The van der Waals surface area contributed by atoms with E-state index in [0.29, 0.717) is 18.2 Å². The number of nitrogens with zero attached hydrogens (tertiary/aromatic N) is 3. The largest absolute Gasteiger partial charge is 0.434 e. The highest BCUT2D eigenvalue weighted by Crippen LogP contribution is 2.33. The van der Waals surface area contributed by atoms with E-state index >= 15 is 0 Å². The molecular weight excluding hydrogens is 410 g/mol. The first kappa shape index (κ1) is 22.3. The van der Waals surface area contributed by atoms with Crippen LogP contribution in [0.2, 0.25) is 0 Å². The summed E-state index contributed by atoms with van der Waals surface area (Å²) in [5, 5.41) is 12.4. The van der Waals surface area contributed by atoms with Crippen molar-refractivity contribution in [2.75, 3.05) is 12.8 Å². The quantitative estimate of drug-likeness (QED) is 0.338. The summed E-state index contributed by atoms with van der Waals surface area (Å²) in [6.45, 7) is -2.42. The molecule has 0 unspecified atom stereocenters. The number of amides is 1. The summed E-state index contributed by atoms with van der Waals surface area (Å²) in [4.78, 5) is 12.1. The molecule has 1 saturated carbocycles. The molecule has 6 nitrogen and oxygen atoms in total. The van der Waals surface area contributed by atoms with Crippen molar-refractivity contribution in [1.29, 1.82) is 0 Å². The molecule has 1 aliphatic rings. The number of halogens is 2. The number of rotatable bonds is 10. The van der Waals surface area contributed by atoms with Gasteiger partial charge in [0.2, 0.25) is 5.91 Å². The molecule has 1 fully saturated rings. The number of thioether (sulfide) groups is 1. The zero-order valence-electron chi connectivity index (χ0n) is 16.9. The summed E-state index contributed by atoms with van der Waals surface area (Å²) in [5.41, 5.74) is 0.419. The van der Waals surface area contributed by atoms with Crippen LogP contribution in [0.15, 0.2) is 35.5 Å². The Balaban J connectivity index is 1.49. The smallest absolute Gasteiger partial charge is 0.387 e. The van der Waals surface area contributed by atoms with Gasteiger partial charge in [-0.15, -0.1) is 10.2 Å². The lowest BCUT2D eigenvalue weighted by Crippen LogP contribution is -2.23. The second-order valence-corrected chi connectivity index (χ2v) is 7.83. The highest BCUT2D eigenvalue weighted by molar-refractivity contribution is 7.98. The molecule has 0 spiro atoms. The number of hydrogen-bond acceptors (Lipinski definition) is 5. The van der Waals surface area contributed by atoms with Crippen molar-refractivity contribution in [3.8, 4) is 5.75 Å². The van der Waals surface area contributed by atoms with E-state index in [1.54, 1.807) is 30.0 Å². The van der Waals surface area contributed by atoms with Crippen molar-refractivity contribution in [3.05, 3.63) is 41.7 Å². The van der Waals surface area contributed by atoms with Crippen LogP contribution in [0.1, 0.15) is 49.5 Å². The number of aromatic nitrogens is 3. The highest BCUT2D eigenvalue weighted by Gasteiger charge is 2.23. The number of nitrogens with one attached hydrogen (secondary N) is 1. The Bertz CT molecular complexity index is 866. The van der Waals surface area contributed by atoms with E-state index < -0.39 is 6.61 Å². The van der Waals surface area contributed by atoms with Crippen molar-refractivity contribution in [2.24, 2.45) is 0 Å². The van der Waals surface area contributed by atoms with Crippen LogP contribution in [0.4, 0.5) is 8.78 Å². The number of alkyl halides is 2. The fraction of sp³-hybridized carbons (Fsp3) is 0.476. The third-order valence-corrected chi connectivity index (χ3v) is 5.68. The molecule has 0 bridgehead atoms. The van der Waals surface area contributed by atoms with E-state index in [4.69, 9.17) is 0 Å². The van der Waals surface area contributed by atoms with Gasteiger partial charge in [0.05, 0.1) is 0 Å². The van der Waals surface area contributed by atoms with E-state index in [1.807, 2.05) is 6.26 Å². The summed E-state index contributed by atoms with van der Waals surface area (Å²) < 4.78 is 31.6. The molecular formula is C21H26F2N4O2S. The Morgan fingerprint density at radius 1 is 1.33 bits per heavy atom. The van der Waals surface area contributed by atoms with Gasteiger partial charge < -0.3 is 14.6 Å². The van der Waals surface area contributed by atoms with Gasteiger partial charge in [0.1, 0.15) is 11.6 Å². The standard InChI is InChI=1S/C21H26F2N4O2S/c1-30-21-26-25-18(27(21)16-8-3-4-9-16)11-6-14-24-19(28)13-12-15-7-2-5-10-17(15)29-20(22)23/h2,5,7,10,12-13,16,20H,3-4,6,8-9,11,14H2,1H3,(H,24,28)/b13-12+. The van der Waals surface area contributed by atoms with E-state index in [-0.39, 0.29) is 11.7 Å². The Hall–Kier alpha value is -2.42. The van der Waals surface area contributed by atoms with Gasteiger partial charge in [-0.25, -0.2) is 0 Å². The number of carbonyl (C=O) groups excluding carboxylic acids is 1. The van der Waals surface area contributed by atoms with E-state index in [9.17, 15) is 13.6 Å². The zero-order valence-corrected chi connectivity index (χ0v) is 17.7. The molecule has 0 aliphatic heterocycles. The predicted molar refractivity (Wildman–Crippen MR) is 113 cm³/mol. The average molecular weight is 437 g/mol.